The number of methoxy groups -OCH3 is 1. The van der Waals surface area contributed by atoms with E-state index in [1.165, 1.54) is 0 Å². The Morgan fingerprint density at radius 2 is 2.05 bits per heavy atom. The first-order chi connectivity index (χ1) is 9.20. The second kappa shape index (κ2) is 8.32. The average Bonchev–Trinajstić information content (AvgIpc) is 2.87. The highest BCUT2D eigenvalue weighted by atomic mass is 35.5. The van der Waals surface area contributed by atoms with E-state index in [4.69, 9.17) is 20.8 Å². The predicted octanol–water partition coefficient (Wildman–Crippen LogP) is 0.648. The molecular weight excluding hydrogens is 297 g/mol. The van der Waals surface area contributed by atoms with Gasteiger partial charge in [-0.3, -0.25) is 0 Å². The molecule has 2 aromatic rings. The van der Waals surface area contributed by atoms with Crippen LogP contribution in [0.25, 0.3) is 11.3 Å². The highest BCUT2D eigenvalue weighted by Crippen LogP contribution is 2.26. The zero-order valence-electron chi connectivity index (χ0n) is 11.6. The van der Waals surface area contributed by atoms with Gasteiger partial charge in [-0.25, -0.2) is 0 Å². The third-order valence-electron chi connectivity index (χ3n) is 2.90. The van der Waals surface area contributed by atoms with Crippen LogP contribution < -0.4 is 17.7 Å². The van der Waals surface area contributed by atoms with Crippen molar-refractivity contribution < 1.29 is 21.6 Å². The Labute approximate surface area is 130 Å². The molecule has 0 spiro atoms. The van der Waals surface area contributed by atoms with Crippen LogP contribution in [0.2, 0.25) is 5.02 Å². The van der Waals surface area contributed by atoms with E-state index in [-0.39, 0.29) is 12.4 Å². The topological polar surface area (TPSA) is 34.4 Å². The van der Waals surface area contributed by atoms with Crippen LogP contribution in [0.15, 0.2) is 34.7 Å². The maximum absolute atomic E-state index is 6.12. The number of hydrogen-bond donors (Lipinski definition) is 1. The van der Waals surface area contributed by atoms with Gasteiger partial charge in [-0.15, -0.1) is 0 Å². The van der Waals surface area contributed by atoms with E-state index in [1.807, 2.05) is 37.3 Å². The zero-order chi connectivity index (χ0) is 13.7. The number of nitrogens with one attached hydrogen (secondary N) is 1. The number of ether oxygens (including phenoxy) is 1. The van der Waals surface area contributed by atoms with Gasteiger partial charge < -0.3 is 26.9 Å². The van der Waals surface area contributed by atoms with E-state index in [0.717, 1.165) is 34.2 Å². The van der Waals surface area contributed by atoms with Crippen molar-refractivity contribution in [3.05, 3.63) is 46.7 Å². The molecule has 2 rings (SSSR count). The molecular formula is C15H18Cl2NO2-. The molecule has 0 unspecified atom stereocenters. The van der Waals surface area contributed by atoms with E-state index in [9.17, 15) is 0 Å². The van der Waals surface area contributed by atoms with Crippen LogP contribution in [-0.4, -0.2) is 20.3 Å². The van der Waals surface area contributed by atoms with Gasteiger partial charge in [0.2, 0.25) is 0 Å². The van der Waals surface area contributed by atoms with Crippen LogP contribution in [0.1, 0.15) is 11.3 Å². The second-order valence-electron chi connectivity index (χ2n) is 4.40. The fraction of sp³-hybridized carbons (Fsp3) is 0.333. The summed E-state index contributed by atoms with van der Waals surface area (Å²) in [7, 11) is 1.69. The Bertz CT molecular complexity index is 540. The minimum atomic E-state index is 0. The lowest BCUT2D eigenvalue weighted by molar-refractivity contribution is -0.00000480. The molecule has 0 saturated heterocycles. The summed E-state index contributed by atoms with van der Waals surface area (Å²) >= 11 is 6.12. The van der Waals surface area contributed by atoms with Crippen molar-refractivity contribution in [3.63, 3.8) is 0 Å². The summed E-state index contributed by atoms with van der Waals surface area (Å²) in [6.45, 7) is 4.19. The van der Waals surface area contributed by atoms with Gasteiger partial charge in [0.15, 0.2) is 0 Å². The molecule has 0 bridgehead atoms. The van der Waals surface area contributed by atoms with Gasteiger partial charge in [-0.2, -0.15) is 0 Å². The minimum absolute atomic E-state index is 0. The normalized spacial score (nSPS) is 10.3. The molecule has 0 aliphatic carbocycles. The van der Waals surface area contributed by atoms with Gasteiger partial charge in [0.1, 0.15) is 11.5 Å². The molecule has 0 amide bonds. The molecule has 110 valence electrons. The summed E-state index contributed by atoms with van der Waals surface area (Å²) in [5.74, 6) is 1.74. The van der Waals surface area contributed by atoms with Crippen molar-refractivity contribution in [1.82, 2.24) is 5.32 Å². The van der Waals surface area contributed by atoms with Gasteiger partial charge >= 0.3 is 0 Å². The van der Waals surface area contributed by atoms with Crippen LogP contribution in [0.5, 0.6) is 0 Å². The van der Waals surface area contributed by atoms with Crippen molar-refractivity contribution in [3.8, 4) is 11.3 Å². The molecule has 1 heterocycles. The summed E-state index contributed by atoms with van der Waals surface area (Å²) in [6, 6.07) is 9.88. The largest absolute Gasteiger partial charge is 1.00 e. The molecule has 1 aromatic carbocycles. The first-order valence-corrected chi connectivity index (χ1v) is 6.63. The number of hydrogen-bond acceptors (Lipinski definition) is 3. The maximum atomic E-state index is 6.12. The van der Waals surface area contributed by atoms with Gasteiger partial charge in [0.05, 0.1) is 13.2 Å². The Hall–Kier alpha value is -1.000. The van der Waals surface area contributed by atoms with Crippen LogP contribution in [0.3, 0.4) is 0 Å². The lowest BCUT2D eigenvalue weighted by Crippen LogP contribution is -3.00. The third kappa shape index (κ3) is 4.53. The number of aryl methyl sites for hydroxylation is 1. The van der Waals surface area contributed by atoms with Crippen molar-refractivity contribution in [1.29, 1.82) is 0 Å². The molecule has 0 atom stereocenters. The van der Waals surface area contributed by atoms with Gasteiger partial charge in [0.25, 0.3) is 0 Å². The standard InChI is InChI=1S/C15H18ClNO2.ClH/c1-11-3-4-12(9-14(11)16)15-6-5-13(19-15)10-17-7-8-18-2;/h3-6,9,17H,7-8,10H2,1-2H3;1H/p-1. The van der Waals surface area contributed by atoms with Crippen LogP contribution in [-0.2, 0) is 11.3 Å². The third-order valence-corrected chi connectivity index (χ3v) is 3.31. The van der Waals surface area contributed by atoms with Crippen molar-refractivity contribution in [2.24, 2.45) is 0 Å². The van der Waals surface area contributed by atoms with E-state index >= 15 is 0 Å². The number of furan rings is 1. The highest BCUT2D eigenvalue weighted by Gasteiger charge is 2.06. The van der Waals surface area contributed by atoms with E-state index in [2.05, 4.69) is 5.32 Å². The number of rotatable bonds is 6. The fourth-order valence-electron chi connectivity index (χ4n) is 1.76. The van der Waals surface area contributed by atoms with Crippen molar-refractivity contribution >= 4 is 11.6 Å². The quantitative estimate of drug-likeness (QED) is 0.795. The molecule has 0 saturated carbocycles. The molecule has 0 aliphatic heterocycles. The van der Waals surface area contributed by atoms with Crippen molar-refractivity contribution in [2.75, 3.05) is 20.3 Å². The smallest absolute Gasteiger partial charge is 0.134 e. The second-order valence-corrected chi connectivity index (χ2v) is 4.81. The summed E-state index contributed by atoms with van der Waals surface area (Å²) < 4.78 is 10.8. The van der Waals surface area contributed by atoms with Gasteiger partial charge in [-0.1, -0.05) is 23.7 Å². The molecule has 3 nitrogen and oxygen atoms in total. The van der Waals surface area contributed by atoms with Gasteiger partial charge in [-0.05, 0) is 30.7 Å². The summed E-state index contributed by atoms with van der Waals surface area (Å²) in [4.78, 5) is 0. The number of benzene rings is 1. The van der Waals surface area contributed by atoms with Gasteiger partial charge in [0, 0.05) is 24.2 Å². The molecule has 0 radical (unpaired) electrons. The van der Waals surface area contributed by atoms with Crippen LogP contribution in [0.4, 0.5) is 0 Å². The maximum Gasteiger partial charge on any atom is 0.134 e. The summed E-state index contributed by atoms with van der Waals surface area (Å²) in [5, 5.41) is 4.00. The molecule has 20 heavy (non-hydrogen) atoms. The van der Waals surface area contributed by atoms with Crippen molar-refractivity contribution in [2.45, 2.75) is 13.5 Å². The van der Waals surface area contributed by atoms with Crippen LogP contribution in [0, 0.1) is 6.92 Å². The highest BCUT2D eigenvalue weighted by molar-refractivity contribution is 6.31. The average molecular weight is 315 g/mol. The molecule has 0 aliphatic rings. The SMILES string of the molecule is COCCNCc1ccc(-c2ccc(C)c(Cl)c2)o1.[Cl-]. The Morgan fingerprint density at radius 3 is 2.75 bits per heavy atom. The monoisotopic (exact) mass is 314 g/mol. The van der Waals surface area contributed by atoms with E-state index in [0.29, 0.717) is 13.2 Å². The minimum Gasteiger partial charge on any atom is -1.00 e. The Balaban J connectivity index is 0.00000200. The molecule has 5 heteroatoms. The molecule has 1 N–H and O–H groups in total. The zero-order valence-corrected chi connectivity index (χ0v) is 13.1. The number of halogens is 2. The fourth-order valence-corrected chi connectivity index (χ4v) is 1.94. The lowest BCUT2D eigenvalue weighted by atomic mass is 10.1. The Kier molecular flexibility index (Phi) is 7.10. The van der Waals surface area contributed by atoms with E-state index < -0.39 is 0 Å². The van der Waals surface area contributed by atoms with E-state index in [1.54, 1.807) is 7.11 Å². The Morgan fingerprint density at radius 1 is 1.25 bits per heavy atom. The summed E-state index contributed by atoms with van der Waals surface area (Å²) in [5.41, 5.74) is 2.07. The molecule has 1 aromatic heterocycles. The first kappa shape index (κ1) is 17.1. The summed E-state index contributed by atoms with van der Waals surface area (Å²) in [6.07, 6.45) is 0. The lowest BCUT2D eigenvalue weighted by Gasteiger charge is -2.02. The first-order valence-electron chi connectivity index (χ1n) is 6.25. The predicted molar refractivity (Wildman–Crippen MR) is 77.5 cm³/mol. The van der Waals surface area contributed by atoms with Crippen LogP contribution >= 0.6 is 11.6 Å². The molecule has 0 fully saturated rings.